The Kier molecular flexibility index (Phi) is 2.05. The Balaban J connectivity index is 2.14. The minimum atomic E-state index is 0.893. The molecule has 0 fully saturated rings. The van der Waals surface area contributed by atoms with Crippen molar-refractivity contribution in [2.75, 3.05) is 5.32 Å². The summed E-state index contributed by atoms with van der Waals surface area (Å²) < 4.78 is 0. The van der Waals surface area contributed by atoms with Crippen molar-refractivity contribution in [1.82, 2.24) is 9.97 Å². The number of hydrogen-bond donors (Lipinski definition) is 1. The van der Waals surface area contributed by atoms with Crippen molar-refractivity contribution in [3.63, 3.8) is 0 Å². The van der Waals surface area contributed by atoms with Crippen LogP contribution in [0.3, 0.4) is 0 Å². The molecule has 0 aliphatic rings. The van der Waals surface area contributed by atoms with Crippen molar-refractivity contribution in [2.45, 2.75) is 6.92 Å². The van der Waals surface area contributed by atoms with Crippen LogP contribution in [0.15, 0.2) is 17.8 Å². The second kappa shape index (κ2) is 3.20. The zero-order valence-corrected chi connectivity index (χ0v) is 8.08. The lowest BCUT2D eigenvalue weighted by Crippen LogP contribution is -1.86. The quantitative estimate of drug-likeness (QED) is 0.804. The van der Waals surface area contributed by atoms with Crippen molar-refractivity contribution in [2.24, 2.45) is 0 Å². The molecule has 0 aliphatic carbocycles. The first-order valence-corrected chi connectivity index (χ1v) is 5.13. The van der Waals surface area contributed by atoms with Crippen LogP contribution in [0, 0.1) is 6.92 Å². The van der Waals surface area contributed by atoms with Crippen molar-refractivity contribution >= 4 is 32.9 Å². The van der Waals surface area contributed by atoms with Crippen molar-refractivity contribution in [3.05, 3.63) is 22.7 Å². The molecule has 0 bridgehead atoms. The van der Waals surface area contributed by atoms with E-state index in [0.29, 0.717) is 0 Å². The van der Waals surface area contributed by atoms with Crippen LogP contribution in [0.5, 0.6) is 0 Å². The lowest BCUT2D eigenvalue weighted by atomic mass is 10.7. The summed E-state index contributed by atoms with van der Waals surface area (Å²) in [5.74, 6) is 0. The second-order valence-electron chi connectivity index (χ2n) is 2.24. The summed E-state index contributed by atoms with van der Waals surface area (Å²) in [5.41, 5.74) is 0. The van der Waals surface area contributed by atoms with E-state index in [0.717, 1.165) is 10.3 Å². The number of aryl methyl sites for hydroxylation is 1. The van der Waals surface area contributed by atoms with Gasteiger partial charge >= 0.3 is 0 Å². The van der Waals surface area contributed by atoms with Gasteiger partial charge in [-0.3, -0.25) is 0 Å². The summed E-state index contributed by atoms with van der Waals surface area (Å²) in [6.07, 6.45) is 3.62. The van der Waals surface area contributed by atoms with Crippen LogP contribution in [0.25, 0.3) is 0 Å². The minimum absolute atomic E-state index is 0.893. The van der Waals surface area contributed by atoms with Crippen LogP contribution in [-0.2, 0) is 0 Å². The molecule has 2 rings (SSSR count). The maximum atomic E-state index is 4.16. The van der Waals surface area contributed by atoms with Gasteiger partial charge < -0.3 is 5.32 Å². The molecule has 0 spiro atoms. The monoisotopic (exact) mass is 197 g/mol. The van der Waals surface area contributed by atoms with Gasteiger partial charge in [0, 0.05) is 22.7 Å². The summed E-state index contributed by atoms with van der Waals surface area (Å²) in [6, 6.07) is 0. The zero-order valence-electron chi connectivity index (χ0n) is 6.44. The summed E-state index contributed by atoms with van der Waals surface area (Å²) in [5, 5.41) is 6.85. The number of anilines is 2. The molecule has 3 nitrogen and oxygen atoms in total. The van der Waals surface area contributed by atoms with E-state index in [1.165, 1.54) is 4.88 Å². The smallest absolute Gasteiger partial charge is 0.189 e. The van der Waals surface area contributed by atoms with Crippen LogP contribution in [0.2, 0.25) is 0 Å². The van der Waals surface area contributed by atoms with Gasteiger partial charge in [0.25, 0.3) is 0 Å². The van der Waals surface area contributed by atoms with E-state index < -0.39 is 0 Å². The molecule has 62 valence electrons. The van der Waals surface area contributed by atoms with Gasteiger partial charge in [-0.25, -0.2) is 9.97 Å². The maximum absolute atomic E-state index is 4.16. The normalized spacial score (nSPS) is 10.1. The van der Waals surface area contributed by atoms with Gasteiger partial charge in [0.1, 0.15) is 0 Å². The van der Waals surface area contributed by atoms with Gasteiger partial charge in [-0.05, 0) is 6.92 Å². The fourth-order valence-corrected chi connectivity index (χ4v) is 2.05. The third-order valence-electron chi connectivity index (χ3n) is 1.27. The average Bonchev–Trinajstić information content (AvgIpc) is 2.63. The van der Waals surface area contributed by atoms with Crippen LogP contribution in [0.1, 0.15) is 4.88 Å². The van der Waals surface area contributed by atoms with Crippen LogP contribution >= 0.6 is 22.7 Å². The van der Waals surface area contributed by atoms with Crippen molar-refractivity contribution in [3.8, 4) is 0 Å². The van der Waals surface area contributed by atoms with Gasteiger partial charge in [-0.15, -0.1) is 22.7 Å². The molecule has 1 N–H and O–H groups in total. The molecule has 5 heteroatoms. The fraction of sp³-hybridized carbons (Fsp3) is 0.143. The maximum Gasteiger partial charge on any atom is 0.189 e. The Morgan fingerprint density at radius 3 is 2.83 bits per heavy atom. The number of thiazole rings is 2. The molecule has 2 aromatic heterocycles. The number of nitrogens with one attached hydrogen (secondary N) is 1. The Labute approximate surface area is 78.1 Å². The van der Waals surface area contributed by atoms with Crippen LogP contribution < -0.4 is 5.32 Å². The first-order valence-electron chi connectivity index (χ1n) is 3.43. The number of hydrogen-bond acceptors (Lipinski definition) is 5. The summed E-state index contributed by atoms with van der Waals surface area (Å²) in [4.78, 5) is 9.46. The van der Waals surface area contributed by atoms with E-state index in [1.54, 1.807) is 28.9 Å². The highest BCUT2D eigenvalue weighted by Gasteiger charge is 1.99. The Morgan fingerprint density at radius 2 is 2.25 bits per heavy atom. The predicted octanol–water partition coefficient (Wildman–Crippen LogP) is 2.65. The molecule has 2 heterocycles. The predicted molar refractivity (Wildman–Crippen MR) is 52.2 cm³/mol. The van der Waals surface area contributed by atoms with Crippen molar-refractivity contribution in [1.29, 1.82) is 0 Å². The highest BCUT2D eigenvalue weighted by molar-refractivity contribution is 7.16. The number of aromatic nitrogens is 2. The lowest BCUT2D eigenvalue weighted by Gasteiger charge is -1.93. The second-order valence-corrected chi connectivity index (χ2v) is 4.37. The molecule has 0 saturated carbocycles. The van der Waals surface area contributed by atoms with Crippen LogP contribution in [-0.4, -0.2) is 9.97 Å². The molecule has 0 unspecified atom stereocenters. The molecule has 0 atom stereocenters. The highest BCUT2D eigenvalue weighted by Crippen LogP contribution is 2.22. The standard InChI is InChI=1S/C7H7N3S2/c1-5-4-9-7(12-5)10-6-8-2-3-11-6/h2-4H,1H3,(H,8,9,10). The third-order valence-corrected chi connectivity index (χ3v) is 2.78. The third kappa shape index (κ3) is 1.62. The number of nitrogens with zero attached hydrogens (tertiary/aromatic N) is 2. The van der Waals surface area contributed by atoms with E-state index in [-0.39, 0.29) is 0 Å². The fourth-order valence-electron chi connectivity index (χ4n) is 0.789. The molecule has 12 heavy (non-hydrogen) atoms. The lowest BCUT2D eigenvalue weighted by molar-refractivity contribution is 1.33. The first kappa shape index (κ1) is 7.70. The molecule has 0 aromatic carbocycles. The van der Waals surface area contributed by atoms with E-state index in [9.17, 15) is 0 Å². The van der Waals surface area contributed by atoms with E-state index in [2.05, 4.69) is 15.3 Å². The minimum Gasteiger partial charge on any atom is -0.307 e. The van der Waals surface area contributed by atoms with Gasteiger partial charge in [0.05, 0.1) is 0 Å². The summed E-state index contributed by atoms with van der Waals surface area (Å²) in [7, 11) is 0. The van der Waals surface area contributed by atoms with Crippen molar-refractivity contribution < 1.29 is 0 Å². The molecule has 0 aliphatic heterocycles. The molecule has 0 radical (unpaired) electrons. The molecule has 2 aromatic rings. The largest absolute Gasteiger partial charge is 0.307 e. The van der Waals surface area contributed by atoms with Gasteiger partial charge in [0.15, 0.2) is 10.3 Å². The average molecular weight is 197 g/mol. The zero-order chi connectivity index (χ0) is 8.39. The topological polar surface area (TPSA) is 37.8 Å². The Bertz CT molecular complexity index is 352. The number of rotatable bonds is 2. The Hall–Kier alpha value is -0.940. The van der Waals surface area contributed by atoms with E-state index >= 15 is 0 Å². The summed E-state index contributed by atoms with van der Waals surface area (Å²) in [6.45, 7) is 2.03. The molecule has 0 amide bonds. The molecular formula is C7H7N3S2. The van der Waals surface area contributed by atoms with Gasteiger partial charge in [0.2, 0.25) is 0 Å². The first-order chi connectivity index (χ1) is 5.84. The summed E-state index contributed by atoms with van der Waals surface area (Å²) >= 11 is 3.20. The van der Waals surface area contributed by atoms with E-state index in [1.807, 2.05) is 18.5 Å². The molecule has 0 saturated heterocycles. The SMILES string of the molecule is Cc1cnc(Nc2nccs2)s1. The van der Waals surface area contributed by atoms with Gasteiger partial charge in [-0.1, -0.05) is 0 Å². The molecular weight excluding hydrogens is 190 g/mol. The van der Waals surface area contributed by atoms with Gasteiger partial charge in [-0.2, -0.15) is 0 Å². The van der Waals surface area contributed by atoms with Crippen LogP contribution in [0.4, 0.5) is 10.3 Å². The van der Waals surface area contributed by atoms with E-state index in [4.69, 9.17) is 0 Å². The Morgan fingerprint density at radius 1 is 1.33 bits per heavy atom. The highest BCUT2D eigenvalue weighted by atomic mass is 32.1.